The predicted molar refractivity (Wildman–Crippen MR) is 102 cm³/mol. The van der Waals surface area contributed by atoms with E-state index in [1.165, 1.54) is 0 Å². The quantitative estimate of drug-likeness (QED) is 0.700. The van der Waals surface area contributed by atoms with Gasteiger partial charge >= 0.3 is 5.97 Å². The van der Waals surface area contributed by atoms with Gasteiger partial charge in [-0.3, -0.25) is 9.00 Å². The van der Waals surface area contributed by atoms with Crippen LogP contribution in [-0.4, -0.2) is 35.0 Å². The highest BCUT2D eigenvalue weighted by atomic mass is 35.5. The number of carbonyl (C=O) groups is 2. The molecule has 0 aliphatic rings. The molecule has 0 bridgehead atoms. The Morgan fingerprint density at radius 2 is 1.81 bits per heavy atom. The molecule has 0 aliphatic carbocycles. The van der Waals surface area contributed by atoms with E-state index in [1.807, 2.05) is 12.1 Å². The summed E-state index contributed by atoms with van der Waals surface area (Å²) in [7, 11) is -1.28. The Morgan fingerprint density at radius 3 is 2.50 bits per heavy atom. The van der Waals surface area contributed by atoms with Crippen LogP contribution in [0.2, 0.25) is 5.02 Å². The zero-order valence-corrected chi connectivity index (χ0v) is 15.9. The van der Waals surface area contributed by atoms with Crippen LogP contribution in [0.4, 0.5) is 0 Å². The summed E-state index contributed by atoms with van der Waals surface area (Å²) in [5, 5.41) is 3.35. The molecule has 0 aromatic heterocycles. The number of amides is 1. The molecular weight excluding hydrogens is 374 g/mol. The zero-order chi connectivity index (χ0) is 18.9. The van der Waals surface area contributed by atoms with Gasteiger partial charge in [-0.05, 0) is 36.2 Å². The van der Waals surface area contributed by atoms with Crippen LogP contribution < -0.4 is 5.32 Å². The molecule has 0 aliphatic heterocycles. The summed E-state index contributed by atoms with van der Waals surface area (Å²) in [6.07, 6.45) is 0.648. The smallest absolute Gasteiger partial charge is 0.339 e. The molecule has 26 heavy (non-hydrogen) atoms. The fourth-order valence-corrected chi connectivity index (χ4v) is 3.31. The maximum atomic E-state index is 12.2. The molecular formula is C19H20ClNO4S. The second kappa shape index (κ2) is 10.1. The lowest BCUT2D eigenvalue weighted by atomic mass is 10.1. The van der Waals surface area contributed by atoms with Crippen LogP contribution in [0.25, 0.3) is 0 Å². The number of hydrogen-bond acceptors (Lipinski definition) is 4. The van der Waals surface area contributed by atoms with Crippen molar-refractivity contribution in [3.63, 3.8) is 0 Å². The lowest BCUT2D eigenvalue weighted by molar-refractivity contribution is -0.124. The molecule has 5 nitrogen and oxygen atoms in total. The maximum absolute atomic E-state index is 12.2. The van der Waals surface area contributed by atoms with E-state index in [2.05, 4.69) is 5.32 Å². The van der Waals surface area contributed by atoms with Crippen molar-refractivity contribution in [3.8, 4) is 0 Å². The van der Waals surface area contributed by atoms with E-state index in [1.54, 1.807) is 43.3 Å². The van der Waals surface area contributed by atoms with E-state index < -0.39 is 16.8 Å². The zero-order valence-electron chi connectivity index (χ0n) is 14.4. The number of benzene rings is 2. The number of esters is 1. The van der Waals surface area contributed by atoms with E-state index in [9.17, 15) is 13.8 Å². The molecule has 1 amide bonds. The summed E-state index contributed by atoms with van der Waals surface area (Å²) in [5.41, 5.74) is 1.27. The highest BCUT2D eigenvalue weighted by molar-refractivity contribution is 7.85. The Bertz CT molecular complexity index is 792. The number of rotatable bonds is 8. The number of carbonyl (C=O) groups excluding carboxylic acids is 2. The van der Waals surface area contributed by atoms with Crippen molar-refractivity contribution < 1.29 is 18.5 Å². The molecule has 0 fully saturated rings. The summed E-state index contributed by atoms with van der Waals surface area (Å²) >= 11 is 5.82. The van der Waals surface area contributed by atoms with Gasteiger partial charge in [-0.15, -0.1) is 0 Å². The molecule has 2 aromatic carbocycles. The number of hydrogen-bond donors (Lipinski definition) is 1. The lowest BCUT2D eigenvalue weighted by Gasteiger charge is -2.09. The first-order valence-corrected chi connectivity index (χ1v) is 9.86. The third-order valence-electron chi connectivity index (χ3n) is 3.60. The fraction of sp³-hybridized carbons (Fsp3) is 0.263. The molecule has 138 valence electrons. The summed E-state index contributed by atoms with van der Waals surface area (Å²) in [6.45, 7) is 1.81. The minimum atomic E-state index is -1.28. The van der Waals surface area contributed by atoms with Crippen molar-refractivity contribution in [1.82, 2.24) is 5.32 Å². The summed E-state index contributed by atoms with van der Waals surface area (Å²) in [6, 6.07) is 13.9. The second-order valence-corrected chi connectivity index (χ2v) is 7.58. The van der Waals surface area contributed by atoms with Crippen LogP contribution in [0, 0.1) is 0 Å². The summed E-state index contributed by atoms with van der Waals surface area (Å²) in [4.78, 5) is 24.4. The van der Waals surface area contributed by atoms with Crippen molar-refractivity contribution >= 4 is 34.3 Å². The Balaban J connectivity index is 1.81. The maximum Gasteiger partial charge on any atom is 0.339 e. The standard InChI is InChI=1S/C19H20ClNO4S/c1-2-26(24)17-6-4-3-5-16(17)19(23)25-13-18(22)21-12-11-14-7-9-15(20)10-8-14/h3-10H,2,11-13H2,1H3,(H,21,22)/t26-/m0/s1. The molecule has 2 aromatic rings. The molecule has 2 rings (SSSR count). The molecule has 7 heteroatoms. The minimum absolute atomic E-state index is 0.224. The molecule has 0 saturated heterocycles. The fourth-order valence-electron chi connectivity index (χ4n) is 2.25. The molecule has 0 saturated carbocycles. The molecule has 1 N–H and O–H groups in total. The van der Waals surface area contributed by atoms with Crippen molar-refractivity contribution in [2.24, 2.45) is 0 Å². The van der Waals surface area contributed by atoms with Gasteiger partial charge < -0.3 is 10.1 Å². The van der Waals surface area contributed by atoms with E-state index >= 15 is 0 Å². The third-order valence-corrected chi connectivity index (χ3v) is 5.22. The van der Waals surface area contributed by atoms with Crippen molar-refractivity contribution in [3.05, 3.63) is 64.7 Å². The predicted octanol–water partition coefficient (Wildman–Crippen LogP) is 2.98. The van der Waals surface area contributed by atoms with Gasteiger partial charge in [-0.1, -0.05) is 42.8 Å². The number of halogens is 1. The second-order valence-electron chi connectivity index (χ2n) is 5.43. The van der Waals surface area contributed by atoms with Crippen LogP contribution in [-0.2, 0) is 26.8 Å². The van der Waals surface area contributed by atoms with Crippen LogP contribution >= 0.6 is 11.6 Å². The average Bonchev–Trinajstić information content (AvgIpc) is 2.67. The first kappa shape index (κ1) is 20.1. The first-order valence-electron chi connectivity index (χ1n) is 8.17. The van der Waals surface area contributed by atoms with Crippen LogP contribution in [0.1, 0.15) is 22.8 Å². The van der Waals surface area contributed by atoms with E-state index in [0.717, 1.165) is 5.56 Å². The van der Waals surface area contributed by atoms with Gasteiger partial charge in [0.25, 0.3) is 5.91 Å². The largest absolute Gasteiger partial charge is 0.452 e. The van der Waals surface area contributed by atoms with Crippen molar-refractivity contribution in [2.45, 2.75) is 18.2 Å². The van der Waals surface area contributed by atoms with Gasteiger partial charge in [-0.2, -0.15) is 0 Å². The van der Waals surface area contributed by atoms with Gasteiger partial charge in [-0.25, -0.2) is 4.79 Å². The lowest BCUT2D eigenvalue weighted by Crippen LogP contribution is -2.30. The van der Waals surface area contributed by atoms with Gasteiger partial charge in [0.05, 0.1) is 21.3 Å². The van der Waals surface area contributed by atoms with E-state index in [0.29, 0.717) is 28.6 Å². The monoisotopic (exact) mass is 393 g/mol. The van der Waals surface area contributed by atoms with Crippen molar-refractivity contribution in [2.75, 3.05) is 18.9 Å². The Hall–Kier alpha value is -2.18. The minimum Gasteiger partial charge on any atom is -0.452 e. The number of ether oxygens (including phenoxy) is 1. The first-order chi connectivity index (χ1) is 12.5. The van der Waals surface area contributed by atoms with E-state index in [-0.39, 0.29) is 18.1 Å². The Labute approximate surface area is 160 Å². The normalized spacial score (nSPS) is 11.6. The third kappa shape index (κ3) is 5.97. The Morgan fingerprint density at radius 1 is 1.12 bits per heavy atom. The van der Waals surface area contributed by atoms with Gasteiger partial charge in [0.15, 0.2) is 6.61 Å². The van der Waals surface area contributed by atoms with Gasteiger partial charge in [0.1, 0.15) is 0 Å². The SMILES string of the molecule is CC[S@](=O)c1ccccc1C(=O)OCC(=O)NCCc1ccc(Cl)cc1. The summed E-state index contributed by atoms with van der Waals surface area (Å²) in [5.74, 6) is -0.646. The van der Waals surface area contributed by atoms with E-state index in [4.69, 9.17) is 16.3 Å². The van der Waals surface area contributed by atoms with Crippen LogP contribution in [0.15, 0.2) is 53.4 Å². The van der Waals surface area contributed by atoms with Gasteiger partial charge in [0, 0.05) is 17.3 Å². The topological polar surface area (TPSA) is 72.5 Å². The summed E-state index contributed by atoms with van der Waals surface area (Å²) < 4.78 is 17.0. The molecule has 0 spiro atoms. The highest BCUT2D eigenvalue weighted by Crippen LogP contribution is 2.15. The molecule has 1 atom stereocenters. The Kier molecular flexibility index (Phi) is 7.81. The molecule has 0 unspecified atom stereocenters. The van der Waals surface area contributed by atoms with Gasteiger partial charge in [0.2, 0.25) is 0 Å². The molecule has 0 heterocycles. The average molecular weight is 394 g/mol. The van der Waals surface area contributed by atoms with Crippen LogP contribution in [0.5, 0.6) is 0 Å². The number of nitrogens with one attached hydrogen (secondary N) is 1. The highest BCUT2D eigenvalue weighted by Gasteiger charge is 2.17. The van der Waals surface area contributed by atoms with Crippen molar-refractivity contribution in [1.29, 1.82) is 0 Å². The van der Waals surface area contributed by atoms with Crippen LogP contribution in [0.3, 0.4) is 0 Å². The molecule has 0 radical (unpaired) electrons.